The van der Waals surface area contributed by atoms with Crippen LogP contribution in [0.3, 0.4) is 0 Å². The molecule has 0 aromatic rings. The van der Waals surface area contributed by atoms with Crippen molar-refractivity contribution in [2.24, 2.45) is 0 Å². The molecule has 1 aliphatic rings. The summed E-state index contributed by atoms with van der Waals surface area (Å²) in [5, 5.41) is 3.41. The Labute approximate surface area is 82.9 Å². The average molecular weight is 201 g/mol. The third-order valence-corrected chi connectivity index (χ3v) is 1.76. The molecule has 0 aromatic heterocycles. The molecule has 1 rings (SSSR count). The van der Waals surface area contributed by atoms with Gasteiger partial charge in [0.05, 0.1) is 0 Å². The van der Waals surface area contributed by atoms with Crippen molar-refractivity contribution in [1.82, 2.24) is 5.32 Å². The second-order valence-corrected chi connectivity index (χ2v) is 2.44. The van der Waals surface area contributed by atoms with E-state index in [9.17, 15) is 0 Å². The number of piperidine rings is 1. The van der Waals surface area contributed by atoms with Crippen molar-refractivity contribution in [2.45, 2.75) is 31.7 Å². The summed E-state index contributed by atoms with van der Waals surface area (Å²) >= 11 is 0. The van der Waals surface area contributed by atoms with Gasteiger partial charge < -0.3 is 12.2 Å². The molecular weight excluding hydrogens is 187 g/mol. The predicted molar refractivity (Wildman–Crippen MR) is 35.6 cm³/mol. The molecule has 1 atom stereocenters. The maximum absolute atomic E-state index is 3.85. The normalized spacial score (nSPS) is 27.0. The molecule has 0 saturated carbocycles. The molecule has 0 aliphatic carbocycles. The van der Waals surface area contributed by atoms with Gasteiger partial charge in [-0.25, -0.2) is 0 Å². The van der Waals surface area contributed by atoms with Gasteiger partial charge in [0.25, 0.3) is 0 Å². The molecule has 51 valence electrons. The number of rotatable bonds is 1. The number of hydrogen-bond acceptors (Lipinski definition) is 1. The SMILES string of the molecule is [CH2-]CC1CCCCN1.[Y]. The molecule has 0 amide bonds. The molecule has 1 heterocycles. The van der Waals surface area contributed by atoms with Crippen molar-refractivity contribution in [2.75, 3.05) is 6.54 Å². The first-order valence-corrected chi connectivity index (χ1v) is 3.46. The van der Waals surface area contributed by atoms with Crippen molar-refractivity contribution < 1.29 is 32.7 Å². The monoisotopic (exact) mass is 201 g/mol. The summed E-state index contributed by atoms with van der Waals surface area (Å²) in [4.78, 5) is 0. The van der Waals surface area contributed by atoms with Crippen molar-refractivity contribution in [3.8, 4) is 0 Å². The van der Waals surface area contributed by atoms with Crippen LogP contribution in [0.25, 0.3) is 0 Å². The van der Waals surface area contributed by atoms with E-state index < -0.39 is 0 Å². The molecule has 0 aromatic carbocycles. The van der Waals surface area contributed by atoms with E-state index in [1.165, 1.54) is 25.8 Å². The first kappa shape index (κ1) is 10.1. The molecule has 1 saturated heterocycles. The van der Waals surface area contributed by atoms with E-state index >= 15 is 0 Å². The molecule has 1 fully saturated rings. The molecule has 1 unspecified atom stereocenters. The van der Waals surface area contributed by atoms with Gasteiger partial charge in [-0.3, -0.25) is 0 Å². The Kier molecular flexibility index (Phi) is 6.51. The summed E-state index contributed by atoms with van der Waals surface area (Å²) in [6.07, 6.45) is 5.15. The zero-order valence-corrected chi connectivity index (χ0v) is 8.74. The van der Waals surface area contributed by atoms with Gasteiger partial charge >= 0.3 is 0 Å². The fourth-order valence-electron chi connectivity index (χ4n) is 1.17. The van der Waals surface area contributed by atoms with Gasteiger partial charge in [-0.1, -0.05) is 6.42 Å². The molecule has 0 spiro atoms. The number of hydrogen-bond donors (Lipinski definition) is 1. The zero-order chi connectivity index (χ0) is 5.82. The quantitative estimate of drug-likeness (QED) is 0.631. The van der Waals surface area contributed by atoms with Crippen LogP contribution < -0.4 is 5.32 Å². The largest absolute Gasteiger partial charge is 0.342 e. The maximum Gasteiger partial charge on any atom is 0 e. The summed E-state index contributed by atoms with van der Waals surface area (Å²) in [6, 6.07) is 0.726. The molecule has 2 heteroatoms. The van der Waals surface area contributed by atoms with Gasteiger partial charge in [-0.2, -0.15) is 6.42 Å². The van der Waals surface area contributed by atoms with Crippen LogP contribution in [0.2, 0.25) is 0 Å². The van der Waals surface area contributed by atoms with Gasteiger partial charge in [-0.15, -0.1) is 0 Å². The topological polar surface area (TPSA) is 12.0 Å². The van der Waals surface area contributed by atoms with Crippen molar-refractivity contribution in [1.29, 1.82) is 0 Å². The van der Waals surface area contributed by atoms with Crippen LogP contribution in [-0.4, -0.2) is 12.6 Å². The molecule has 1 radical (unpaired) electrons. The van der Waals surface area contributed by atoms with Gasteiger partial charge in [0, 0.05) is 32.7 Å². The predicted octanol–water partition coefficient (Wildman–Crippen LogP) is 1.35. The van der Waals surface area contributed by atoms with E-state index in [2.05, 4.69) is 12.2 Å². The van der Waals surface area contributed by atoms with Crippen LogP contribution in [-0.2, 0) is 32.7 Å². The smallest absolute Gasteiger partial charge is 0 e. The second-order valence-electron chi connectivity index (χ2n) is 2.44. The first-order valence-electron chi connectivity index (χ1n) is 3.46. The van der Waals surface area contributed by atoms with E-state index in [4.69, 9.17) is 0 Å². The summed E-state index contributed by atoms with van der Waals surface area (Å²) in [7, 11) is 0. The fraction of sp³-hybridized carbons (Fsp3) is 0.857. The van der Waals surface area contributed by atoms with E-state index in [0.29, 0.717) is 0 Å². The Morgan fingerprint density at radius 1 is 1.44 bits per heavy atom. The minimum atomic E-state index is 0. The van der Waals surface area contributed by atoms with E-state index in [0.717, 1.165) is 12.5 Å². The zero-order valence-electron chi connectivity index (χ0n) is 5.90. The van der Waals surface area contributed by atoms with Gasteiger partial charge in [0.2, 0.25) is 0 Å². The Bertz CT molecular complexity index is 59.9. The minimum absolute atomic E-state index is 0. The van der Waals surface area contributed by atoms with E-state index in [-0.39, 0.29) is 32.7 Å². The summed E-state index contributed by atoms with van der Waals surface area (Å²) < 4.78 is 0. The van der Waals surface area contributed by atoms with Crippen LogP contribution in [0.1, 0.15) is 25.7 Å². The Hall–Kier alpha value is 1.06. The maximum atomic E-state index is 3.85. The third kappa shape index (κ3) is 3.69. The van der Waals surface area contributed by atoms with Crippen LogP contribution in [0.5, 0.6) is 0 Å². The van der Waals surface area contributed by atoms with Crippen molar-refractivity contribution in [3.63, 3.8) is 0 Å². The molecule has 1 N–H and O–H groups in total. The fourth-order valence-corrected chi connectivity index (χ4v) is 1.17. The Morgan fingerprint density at radius 2 is 2.22 bits per heavy atom. The van der Waals surface area contributed by atoms with Crippen LogP contribution in [0.4, 0.5) is 0 Å². The van der Waals surface area contributed by atoms with Gasteiger partial charge in [0.1, 0.15) is 0 Å². The Morgan fingerprint density at radius 3 is 2.56 bits per heavy atom. The van der Waals surface area contributed by atoms with Crippen LogP contribution >= 0.6 is 0 Å². The van der Waals surface area contributed by atoms with E-state index in [1.807, 2.05) is 0 Å². The van der Waals surface area contributed by atoms with Gasteiger partial charge in [0.15, 0.2) is 0 Å². The third-order valence-electron chi connectivity index (χ3n) is 1.76. The average Bonchev–Trinajstić information content (AvgIpc) is 1.90. The van der Waals surface area contributed by atoms with Crippen LogP contribution in [0, 0.1) is 6.92 Å². The van der Waals surface area contributed by atoms with E-state index in [1.54, 1.807) is 0 Å². The second kappa shape index (κ2) is 5.82. The van der Waals surface area contributed by atoms with Crippen molar-refractivity contribution >= 4 is 0 Å². The molecular formula is C7H14NY-. The summed E-state index contributed by atoms with van der Waals surface area (Å²) in [5.41, 5.74) is 0. The van der Waals surface area contributed by atoms with Gasteiger partial charge in [-0.05, 0) is 25.4 Å². The Balaban J connectivity index is 0.000000640. The van der Waals surface area contributed by atoms with Crippen molar-refractivity contribution in [3.05, 3.63) is 6.92 Å². The summed E-state index contributed by atoms with van der Waals surface area (Å²) in [5.74, 6) is 0. The molecule has 9 heavy (non-hydrogen) atoms. The minimum Gasteiger partial charge on any atom is -0.342 e. The summed E-state index contributed by atoms with van der Waals surface area (Å²) in [6.45, 7) is 5.06. The standard InChI is InChI=1S/C7H14N.Y/c1-2-7-5-3-4-6-8-7;/h7-8H,1-6H2;/q-1;. The number of nitrogens with one attached hydrogen (secondary N) is 1. The first-order chi connectivity index (χ1) is 3.93. The molecule has 0 bridgehead atoms. The molecule has 1 nitrogen and oxygen atoms in total. The molecule has 1 aliphatic heterocycles. The van der Waals surface area contributed by atoms with Crippen LogP contribution in [0.15, 0.2) is 0 Å².